The number of unbranched alkanes of at least 4 members (excludes halogenated alkanes) is 1. The average Bonchev–Trinajstić information content (AvgIpc) is 2.92. The molecular formula is C19H27N3O2. The zero-order valence-electron chi connectivity index (χ0n) is 14.4. The second kappa shape index (κ2) is 7.34. The summed E-state index contributed by atoms with van der Waals surface area (Å²) in [6, 6.07) is 6.01. The summed E-state index contributed by atoms with van der Waals surface area (Å²) in [5, 5.41) is 14.8. The van der Waals surface area contributed by atoms with Crippen LogP contribution < -0.4 is 5.73 Å². The van der Waals surface area contributed by atoms with Crippen molar-refractivity contribution >= 4 is 16.8 Å². The van der Waals surface area contributed by atoms with Crippen LogP contribution in [0.5, 0.6) is 0 Å². The van der Waals surface area contributed by atoms with Crippen LogP contribution in [0.3, 0.4) is 0 Å². The number of aryl methyl sites for hydroxylation is 1. The number of hydrogen-bond donors (Lipinski definition) is 2. The van der Waals surface area contributed by atoms with Gasteiger partial charge in [-0.25, -0.2) is 0 Å². The Morgan fingerprint density at radius 2 is 2.04 bits per heavy atom. The van der Waals surface area contributed by atoms with E-state index in [-0.39, 0.29) is 0 Å². The number of carbonyl (C=O) groups excluding carboxylic acids is 1. The highest BCUT2D eigenvalue weighted by Crippen LogP contribution is 2.36. The van der Waals surface area contributed by atoms with Crippen molar-refractivity contribution in [3.63, 3.8) is 0 Å². The molecule has 0 radical (unpaired) electrons. The molecule has 0 spiro atoms. The molecule has 24 heavy (non-hydrogen) atoms. The predicted molar refractivity (Wildman–Crippen MR) is 94.9 cm³/mol. The van der Waals surface area contributed by atoms with Crippen molar-refractivity contribution in [2.24, 2.45) is 11.7 Å². The molecule has 0 unspecified atom stereocenters. The topological polar surface area (TPSA) is 81.1 Å². The Hall–Kier alpha value is -1.88. The summed E-state index contributed by atoms with van der Waals surface area (Å²) in [5.41, 5.74) is 8.00. The Balaban J connectivity index is 1.75. The smallest absolute Gasteiger partial charge is 0.248 e. The maximum absolute atomic E-state index is 11.5. The first-order chi connectivity index (χ1) is 11.6. The maximum Gasteiger partial charge on any atom is 0.248 e. The van der Waals surface area contributed by atoms with Gasteiger partial charge in [-0.3, -0.25) is 9.48 Å². The molecule has 3 N–H and O–H groups in total. The van der Waals surface area contributed by atoms with Crippen molar-refractivity contribution in [3.8, 4) is 0 Å². The van der Waals surface area contributed by atoms with E-state index in [0.717, 1.165) is 48.2 Å². The zero-order chi connectivity index (χ0) is 17.1. The van der Waals surface area contributed by atoms with Crippen molar-refractivity contribution < 1.29 is 9.90 Å². The summed E-state index contributed by atoms with van der Waals surface area (Å²) in [5.74, 6) is 0.381. The van der Waals surface area contributed by atoms with Crippen molar-refractivity contribution in [1.82, 2.24) is 9.78 Å². The summed E-state index contributed by atoms with van der Waals surface area (Å²) < 4.78 is 2.11. The van der Waals surface area contributed by atoms with E-state index in [0.29, 0.717) is 18.2 Å². The fourth-order valence-electron chi connectivity index (χ4n) is 3.95. The Morgan fingerprint density at radius 3 is 2.71 bits per heavy atom. The Bertz CT molecular complexity index is 715. The van der Waals surface area contributed by atoms with Gasteiger partial charge >= 0.3 is 0 Å². The second-order valence-electron chi connectivity index (χ2n) is 7.02. The fourth-order valence-corrected chi connectivity index (χ4v) is 3.95. The summed E-state index contributed by atoms with van der Waals surface area (Å²) in [7, 11) is 0. The van der Waals surface area contributed by atoms with Gasteiger partial charge in [0.25, 0.3) is 0 Å². The third kappa shape index (κ3) is 3.46. The number of rotatable bonds is 6. The number of amides is 1. The molecule has 1 fully saturated rings. The molecule has 1 aliphatic rings. The van der Waals surface area contributed by atoms with Gasteiger partial charge in [0.2, 0.25) is 5.91 Å². The van der Waals surface area contributed by atoms with Crippen LogP contribution in [-0.4, -0.2) is 27.4 Å². The lowest BCUT2D eigenvalue weighted by molar-refractivity contribution is 0.100. The number of aromatic nitrogens is 2. The maximum atomic E-state index is 11.5. The minimum Gasteiger partial charge on any atom is -0.396 e. The Morgan fingerprint density at radius 1 is 1.29 bits per heavy atom. The largest absolute Gasteiger partial charge is 0.396 e. The van der Waals surface area contributed by atoms with Crippen molar-refractivity contribution in [3.05, 3.63) is 29.5 Å². The highest BCUT2D eigenvalue weighted by Gasteiger charge is 2.24. The van der Waals surface area contributed by atoms with E-state index in [9.17, 15) is 4.79 Å². The van der Waals surface area contributed by atoms with Crippen LogP contribution in [0.15, 0.2) is 18.2 Å². The molecular weight excluding hydrogens is 302 g/mol. The number of carbonyl (C=O) groups is 1. The highest BCUT2D eigenvalue weighted by atomic mass is 16.2. The third-order valence-electron chi connectivity index (χ3n) is 5.36. The molecule has 0 atom stereocenters. The lowest BCUT2D eigenvalue weighted by Crippen LogP contribution is -2.19. The van der Waals surface area contributed by atoms with Crippen LogP contribution in [0, 0.1) is 12.8 Å². The van der Waals surface area contributed by atoms with Gasteiger partial charge in [-0.1, -0.05) is 18.9 Å². The third-order valence-corrected chi connectivity index (χ3v) is 5.36. The minimum absolute atomic E-state index is 0.302. The standard InChI is InChI=1S/C19H27N3O2/c1-13-17-10-7-15(19(20)24)12-18(17)22(21-13)16-8-5-14(6-9-16)4-2-3-11-23/h7,10,12,14,16,23H,2-6,8-9,11H2,1H3,(H2,20,24). The van der Waals surface area contributed by atoms with E-state index in [1.165, 1.54) is 19.3 Å². The number of benzene rings is 1. The predicted octanol–water partition coefficient (Wildman–Crippen LogP) is 3.34. The molecule has 1 heterocycles. The Labute approximate surface area is 142 Å². The molecule has 1 aromatic heterocycles. The summed E-state index contributed by atoms with van der Waals surface area (Å²) in [6.07, 6.45) is 7.94. The summed E-state index contributed by atoms with van der Waals surface area (Å²) in [6.45, 7) is 2.32. The van der Waals surface area contributed by atoms with Gasteiger partial charge in [-0.2, -0.15) is 5.10 Å². The molecule has 2 aromatic rings. The van der Waals surface area contributed by atoms with E-state index in [1.54, 1.807) is 6.07 Å². The van der Waals surface area contributed by atoms with E-state index in [2.05, 4.69) is 4.68 Å². The molecule has 1 aliphatic carbocycles. The second-order valence-corrected chi connectivity index (χ2v) is 7.02. The molecule has 0 aliphatic heterocycles. The van der Waals surface area contributed by atoms with Gasteiger partial charge < -0.3 is 10.8 Å². The molecule has 1 saturated carbocycles. The van der Waals surface area contributed by atoms with Crippen LogP contribution in [0.1, 0.15) is 67.0 Å². The number of aliphatic hydroxyl groups is 1. The molecule has 5 heteroatoms. The SMILES string of the molecule is Cc1nn(C2CCC(CCCCO)CC2)c2cc(C(N)=O)ccc12. The van der Waals surface area contributed by atoms with Gasteiger partial charge in [0.15, 0.2) is 0 Å². The van der Waals surface area contributed by atoms with Crippen LogP contribution in [0.25, 0.3) is 10.9 Å². The van der Waals surface area contributed by atoms with E-state index in [4.69, 9.17) is 15.9 Å². The van der Waals surface area contributed by atoms with Crippen LogP contribution in [0.4, 0.5) is 0 Å². The first-order valence-electron chi connectivity index (χ1n) is 8.99. The molecule has 1 amide bonds. The van der Waals surface area contributed by atoms with Gasteiger partial charge in [0.05, 0.1) is 17.3 Å². The Kier molecular flexibility index (Phi) is 5.19. The lowest BCUT2D eigenvalue weighted by atomic mass is 9.83. The van der Waals surface area contributed by atoms with Gasteiger partial charge in [0, 0.05) is 17.6 Å². The monoisotopic (exact) mass is 329 g/mol. The lowest BCUT2D eigenvalue weighted by Gasteiger charge is -2.29. The number of hydrogen-bond acceptors (Lipinski definition) is 3. The summed E-state index contributed by atoms with van der Waals surface area (Å²) in [4.78, 5) is 11.5. The summed E-state index contributed by atoms with van der Waals surface area (Å²) >= 11 is 0. The molecule has 1 aromatic carbocycles. The van der Waals surface area contributed by atoms with Gasteiger partial charge in [-0.15, -0.1) is 0 Å². The fraction of sp³-hybridized carbons (Fsp3) is 0.579. The molecule has 5 nitrogen and oxygen atoms in total. The first kappa shape index (κ1) is 17.0. The van der Waals surface area contributed by atoms with Crippen LogP contribution >= 0.6 is 0 Å². The van der Waals surface area contributed by atoms with Gasteiger partial charge in [0.1, 0.15) is 0 Å². The van der Waals surface area contributed by atoms with E-state index >= 15 is 0 Å². The molecule has 0 saturated heterocycles. The van der Waals surface area contributed by atoms with Crippen LogP contribution in [-0.2, 0) is 0 Å². The normalized spacial score (nSPS) is 21.2. The van der Waals surface area contributed by atoms with Gasteiger partial charge in [-0.05, 0) is 57.1 Å². The van der Waals surface area contributed by atoms with E-state index < -0.39 is 5.91 Å². The van der Waals surface area contributed by atoms with E-state index in [1.807, 2.05) is 19.1 Å². The molecule has 3 rings (SSSR count). The minimum atomic E-state index is -0.394. The number of aliphatic hydroxyl groups excluding tert-OH is 1. The molecule has 130 valence electrons. The van der Waals surface area contributed by atoms with Crippen LogP contribution in [0.2, 0.25) is 0 Å². The molecule has 0 bridgehead atoms. The number of nitrogens with two attached hydrogens (primary N) is 1. The first-order valence-corrected chi connectivity index (χ1v) is 8.99. The number of nitrogens with zero attached hydrogens (tertiary/aromatic N) is 2. The van der Waals surface area contributed by atoms with Crippen molar-refractivity contribution in [2.75, 3.05) is 6.61 Å². The number of fused-ring (bicyclic) bond motifs is 1. The van der Waals surface area contributed by atoms with Crippen molar-refractivity contribution in [1.29, 1.82) is 0 Å². The highest BCUT2D eigenvalue weighted by molar-refractivity contribution is 5.97. The zero-order valence-corrected chi connectivity index (χ0v) is 14.4. The number of primary amides is 1. The quantitative estimate of drug-likeness (QED) is 0.798. The van der Waals surface area contributed by atoms with Crippen molar-refractivity contribution in [2.45, 2.75) is 57.9 Å². The average molecular weight is 329 g/mol.